The number of hydrogen-bond donors (Lipinski definition) is 6. The maximum Gasteiger partial charge on any atom is 0.335 e. The summed E-state index contributed by atoms with van der Waals surface area (Å²) in [5.41, 5.74) is -2.16. The van der Waals surface area contributed by atoms with E-state index in [0.29, 0.717) is 0 Å². The average molecular weight is 439 g/mol. The first-order valence-corrected chi connectivity index (χ1v) is 9.20. The summed E-state index contributed by atoms with van der Waals surface area (Å²) >= 11 is 0. The standard InChI is InChI=1S/C17H29NO12/c1-6(20)18-8-10(9(21)7(5-19)28-15(8)27-4)29-16-17(2,25)13(22)11(26-3)12(30-16)14(23)24/h7-13,15-16,19,21-22,25H,5H2,1-4H3,(H,18,20)(H,23,24)/t7?,8?,9-,10+,11+,12?,13-,15-,16-,17?/m1/s1. The van der Waals surface area contributed by atoms with Crippen LogP contribution < -0.4 is 5.32 Å². The lowest BCUT2D eigenvalue weighted by molar-refractivity contribution is -0.363. The minimum absolute atomic E-state index is 0.520. The lowest BCUT2D eigenvalue weighted by Gasteiger charge is -2.50. The summed E-state index contributed by atoms with van der Waals surface area (Å²) in [6.45, 7) is 1.72. The molecule has 2 heterocycles. The Balaban J connectivity index is 2.37. The van der Waals surface area contributed by atoms with Crippen LogP contribution in [0.4, 0.5) is 0 Å². The Bertz CT molecular complexity index is 616. The van der Waals surface area contributed by atoms with Crippen LogP contribution in [0.3, 0.4) is 0 Å². The second-order valence-electron chi connectivity index (χ2n) is 7.38. The summed E-state index contributed by atoms with van der Waals surface area (Å²) < 4.78 is 26.6. The van der Waals surface area contributed by atoms with Crippen LogP contribution in [-0.4, -0.2) is 119 Å². The van der Waals surface area contributed by atoms with Gasteiger partial charge in [0.25, 0.3) is 0 Å². The Labute approximate surface area is 172 Å². The van der Waals surface area contributed by atoms with Gasteiger partial charge in [0.2, 0.25) is 5.91 Å². The quantitative estimate of drug-likeness (QED) is 0.230. The molecule has 1 amide bonds. The van der Waals surface area contributed by atoms with Gasteiger partial charge in [0.15, 0.2) is 18.7 Å². The van der Waals surface area contributed by atoms with Gasteiger partial charge < -0.3 is 54.5 Å². The van der Waals surface area contributed by atoms with E-state index in [4.69, 9.17) is 23.7 Å². The van der Waals surface area contributed by atoms with E-state index in [1.165, 1.54) is 14.0 Å². The lowest BCUT2D eigenvalue weighted by Crippen LogP contribution is -2.71. The highest BCUT2D eigenvalue weighted by Gasteiger charge is 2.58. The maximum absolute atomic E-state index is 11.6. The minimum Gasteiger partial charge on any atom is -0.479 e. The molecule has 10 atom stereocenters. The van der Waals surface area contributed by atoms with Crippen molar-refractivity contribution < 1.29 is 58.8 Å². The number of ether oxygens (including phenoxy) is 5. The van der Waals surface area contributed by atoms with Crippen molar-refractivity contribution in [2.75, 3.05) is 20.8 Å². The van der Waals surface area contributed by atoms with Gasteiger partial charge >= 0.3 is 5.97 Å². The second kappa shape index (κ2) is 9.80. The number of hydrogen-bond acceptors (Lipinski definition) is 11. The van der Waals surface area contributed by atoms with Crippen LogP contribution in [-0.2, 0) is 33.3 Å². The van der Waals surface area contributed by atoms with Crippen LogP contribution in [0.2, 0.25) is 0 Å². The first kappa shape index (κ1) is 24.8. The molecule has 2 saturated heterocycles. The van der Waals surface area contributed by atoms with Crippen molar-refractivity contribution in [1.82, 2.24) is 5.32 Å². The van der Waals surface area contributed by atoms with Crippen molar-refractivity contribution in [2.45, 2.75) is 74.7 Å². The number of carbonyl (C=O) groups excluding carboxylic acids is 1. The Hall–Kier alpha value is -1.42. The highest BCUT2D eigenvalue weighted by atomic mass is 16.7. The molecule has 2 aliphatic heterocycles. The molecule has 6 N–H and O–H groups in total. The molecule has 0 aromatic carbocycles. The summed E-state index contributed by atoms with van der Waals surface area (Å²) in [7, 11) is 2.41. The zero-order valence-electron chi connectivity index (χ0n) is 17.0. The van der Waals surface area contributed by atoms with Gasteiger partial charge in [-0.2, -0.15) is 0 Å². The third-order valence-corrected chi connectivity index (χ3v) is 5.21. The molecule has 0 aromatic heterocycles. The molecule has 2 rings (SSSR count). The molecule has 0 spiro atoms. The Morgan fingerprint density at radius 3 is 2.23 bits per heavy atom. The van der Waals surface area contributed by atoms with Crippen molar-refractivity contribution >= 4 is 11.9 Å². The average Bonchev–Trinajstić information content (AvgIpc) is 2.67. The van der Waals surface area contributed by atoms with Crippen LogP contribution in [0.25, 0.3) is 0 Å². The first-order chi connectivity index (χ1) is 14.0. The molecule has 30 heavy (non-hydrogen) atoms. The van der Waals surface area contributed by atoms with Gasteiger partial charge in [-0.1, -0.05) is 0 Å². The molecule has 13 heteroatoms. The van der Waals surface area contributed by atoms with Gasteiger partial charge in [0.1, 0.15) is 42.2 Å². The Kier molecular flexibility index (Phi) is 8.12. The molecule has 13 nitrogen and oxygen atoms in total. The zero-order valence-corrected chi connectivity index (χ0v) is 17.0. The van der Waals surface area contributed by atoms with E-state index in [-0.39, 0.29) is 0 Å². The molecule has 2 fully saturated rings. The third kappa shape index (κ3) is 4.74. The van der Waals surface area contributed by atoms with Gasteiger partial charge in [0, 0.05) is 21.1 Å². The van der Waals surface area contributed by atoms with Crippen LogP contribution in [0.1, 0.15) is 13.8 Å². The molecule has 0 saturated carbocycles. The third-order valence-electron chi connectivity index (χ3n) is 5.21. The molecule has 2 aliphatic rings. The number of methoxy groups -OCH3 is 2. The van der Waals surface area contributed by atoms with Gasteiger partial charge in [-0.15, -0.1) is 0 Å². The van der Waals surface area contributed by atoms with E-state index < -0.39 is 79.3 Å². The smallest absolute Gasteiger partial charge is 0.335 e. The van der Waals surface area contributed by atoms with E-state index in [9.17, 15) is 35.1 Å². The van der Waals surface area contributed by atoms with Gasteiger partial charge in [0.05, 0.1) is 6.61 Å². The number of carbonyl (C=O) groups is 2. The largest absolute Gasteiger partial charge is 0.479 e. The molecule has 0 bridgehead atoms. The number of rotatable bonds is 7. The zero-order chi connectivity index (χ0) is 22.8. The first-order valence-electron chi connectivity index (χ1n) is 9.20. The molecule has 0 radical (unpaired) electrons. The second-order valence-corrected chi connectivity index (χ2v) is 7.38. The number of nitrogens with one attached hydrogen (secondary N) is 1. The molecular weight excluding hydrogens is 410 g/mol. The summed E-state index contributed by atoms with van der Waals surface area (Å²) in [6.07, 6.45) is -11.8. The molecule has 0 aliphatic carbocycles. The molecule has 4 unspecified atom stereocenters. The van der Waals surface area contributed by atoms with Crippen molar-refractivity contribution in [3.8, 4) is 0 Å². The number of aliphatic hydroxyl groups excluding tert-OH is 3. The minimum atomic E-state index is -2.16. The topological polar surface area (TPSA) is 193 Å². The van der Waals surface area contributed by atoms with Gasteiger partial charge in [-0.05, 0) is 6.92 Å². The van der Waals surface area contributed by atoms with E-state index >= 15 is 0 Å². The maximum atomic E-state index is 11.6. The number of amides is 1. The lowest BCUT2D eigenvalue weighted by atomic mass is 9.87. The van der Waals surface area contributed by atoms with E-state index in [0.717, 1.165) is 14.0 Å². The van der Waals surface area contributed by atoms with Crippen molar-refractivity contribution in [2.24, 2.45) is 0 Å². The predicted molar refractivity (Wildman–Crippen MR) is 95.0 cm³/mol. The van der Waals surface area contributed by atoms with Gasteiger partial charge in [-0.25, -0.2) is 4.79 Å². The number of aliphatic carboxylic acids is 1. The summed E-state index contributed by atoms with van der Waals surface area (Å²) in [5, 5.41) is 53.2. The highest BCUT2D eigenvalue weighted by molar-refractivity contribution is 5.74. The fourth-order valence-corrected chi connectivity index (χ4v) is 3.57. The van der Waals surface area contributed by atoms with Crippen molar-refractivity contribution in [3.05, 3.63) is 0 Å². The fraction of sp³-hybridized carbons (Fsp3) is 0.882. The van der Waals surface area contributed by atoms with E-state index in [1.54, 1.807) is 0 Å². The Morgan fingerprint density at radius 2 is 1.77 bits per heavy atom. The van der Waals surface area contributed by atoms with E-state index in [1.807, 2.05) is 0 Å². The molecular formula is C17H29NO12. The van der Waals surface area contributed by atoms with Crippen LogP contribution >= 0.6 is 0 Å². The number of aliphatic hydroxyl groups is 4. The normalized spacial score (nSPS) is 44.5. The number of carboxylic acid groups (broad SMARTS) is 1. The van der Waals surface area contributed by atoms with Crippen molar-refractivity contribution in [1.29, 1.82) is 0 Å². The Morgan fingerprint density at radius 1 is 1.13 bits per heavy atom. The summed E-state index contributed by atoms with van der Waals surface area (Å²) in [5.74, 6) is -1.99. The van der Waals surface area contributed by atoms with Crippen LogP contribution in [0.15, 0.2) is 0 Å². The van der Waals surface area contributed by atoms with E-state index in [2.05, 4.69) is 5.32 Å². The van der Waals surface area contributed by atoms with Crippen LogP contribution in [0.5, 0.6) is 0 Å². The monoisotopic (exact) mass is 439 g/mol. The summed E-state index contributed by atoms with van der Waals surface area (Å²) in [6, 6.07) is -1.12. The van der Waals surface area contributed by atoms with Crippen molar-refractivity contribution in [3.63, 3.8) is 0 Å². The summed E-state index contributed by atoms with van der Waals surface area (Å²) in [4.78, 5) is 23.2. The SMILES string of the molecule is CO[C@@H]1OC(CO)[C@@H](O)[C@@H](O[C@@H]2OC(C(=O)O)[C@H](OC)[C@@H](O)C2(C)O)C1NC(C)=O. The highest BCUT2D eigenvalue weighted by Crippen LogP contribution is 2.35. The molecule has 0 aromatic rings. The number of carboxylic acids is 1. The molecule has 174 valence electrons. The van der Waals surface area contributed by atoms with Crippen LogP contribution in [0, 0.1) is 0 Å². The fourth-order valence-electron chi connectivity index (χ4n) is 3.57. The van der Waals surface area contributed by atoms with Gasteiger partial charge in [-0.3, -0.25) is 4.79 Å². The predicted octanol–water partition coefficient (Wildman–Crippen LogP) is -3.46.